The number of carbonyl (C=O) groups is 1. The summed E-state index contributed by atoms with van der Waals surface area (Å²) in [7, 11) is -1.62. The lowest BCUT2D eigenvalue weighted by Crippen LogP contribution is -2.46. The lowest BCUT2D eigenvalue weighted by Gasteiger charge is -2.37. The van der Waals surface area contributed by atoms with Crippen molar-refractivity contribution in [3.8, 4) is 5.75 Å². The van der Waals surface area contributed by atoms with Gasteiger partial charge in [-0.05, 0) is 77.5 Å². The fourth-order valence-corrected chi connectivity index (χ4v) is 4.24. The van der Waals surface area contributed by atoms with Crippen LogP contribution in [0.2, 0.25) is 0 Å². The molecule has 1 aromatic rings. The van der Waals surface area contributed by atoms with Gasteiger partial charge in [-0.2, -0.15) is 0 Å². The van der Waals surface area contributed by atoms with Gasteiger partial charge in [0.05, 0.1) is 11.5 Å². The van der Waals surface area contributed by atoms with E-state index in [1.807, 2.05) is 19.1 Å². The summed E-state index contributed by atoms with van der Waals surface area (Å²) in [4.78, 5) is 14.8. The van der Waals surface area contributed by atoms with E-state index in [0.717, 1.165) is 18.4 Å². The van der Waals surface area contributed by atoms with Crippen molar-refractivity contribution in [2.24, 2.45) is 5.14 Å². The molecular weight excluding hydrogens is 438 g/mol. The van der Waals surface area contributed by atoms with Gasteiger partial charge in [0, 0.05) is 25.4 Å². The summed E-state index contributed by atoms with van der Waals surface area (Å²) >= 11 is 0. The fourth-order valence-electron chi connectivity index (χ4n) is 3.72. The Labute approximate surface area is 192 Å². The summed E-state index contributed by atoms with van der Waals surface area (Å²) in [6.07, 6.45) is 1.93. The number of carbonyl (C=O) groups excluding carboxylic acids is 1. The Kier molecular flexibility index (Phi) is 9.45. The molecule has 0 aliphatic heterocycles. The van der Waals surface area contributed by atoms with Crippen molar-refractivity contribution >= 4 is 17.1 Å². The molecule has 9 heteroatoms. The number of hydrogen-bond donors (Lipinski definition) is 1. The summed E-state index contributed by atoms with van der Waals surface area (Å²) in [5.41, 5.74) is 0.344. The summed E-state index contributed by atoms with van der Waals surface area (Å²) in [6.45, 7) is 8.18. The highest BCUT2D eigenvalue weighted by Gasteiger charge is 2.39. The molecule has 1 atom stereocenters. The Morgan fingerprint density at radius 1 is 1.22 bits per heavy atom. The zero-order chi connectivity index (χ0) is 23.9. The Balaban J connectivity index is 1.85. The molecule has 0 heterocycles. The fraction of sp³-hybridized carbons (Fsp3) is 0.696. The lowest BCUT2D eigenvalue weighted by molar-refractivity contribution is -0.0571. The van der Waals surface area contributed by atoms with Gasteiger partial charge in [-0.15, -0.1) is 0 Å². The third-order valence-electron chi connectivity index (χ3n) is 5.37. The normalized spacial score (nSPS) is 17.6. The zero-order valence-corrected chi connectivity index (χ0v) is 20.3. The largest absolute Gasteiger partial charge is 0.492 e. The van der Waals surface area contributed by atoms with E-state index in [1.165, 1.54) is 0 Å². The number of hydrogen-bond acceptors (Lipinski definition) is 4. The van der Waals surface area contributed by atoms with Crippen LogP contribution in [0, 0.1) is 6.92 Å². The molecule has 1 fully saturated rings. The minimum absolute atomic E-state index is 0.202. The minimum atomic E-state index is -2.64. The van der Waals surface area contributed by atoms with E-state index in [0.29, 0.717) is 30.2 Å². The number of amides is 1. The van der Waals surface area contributed by atoms with Crippen LogP contribution in [0.3, 0.4) is 0 Å². The SMILES string of the molecule is Cc1ccc(S(N)=O)c(OCCCCCN(C(=O)OC(C)(C)C)C2CCC(F)(F)CC2)c1. The van der Waals surface area contributed by atoms with E-state index in [2.05, 4.69) is 0 Å². The van der Waals surface area contributed by atoms with Crippen LogP contribution >= 0.6 is 0 Å². The first-order valence-electron chi connectivity index (χ1n) is 11.1. The first kappa shape index (κ1) is 26.5. The van der Waals surface area contributed by atoms with Gasteiger partial charge in [0.25, 0.3) is 0 Å². The minimum Gasteiger partial charge on any atom is -0.492 e. The van der Waals surface area contributed by atoms with Gasteiger partial charge in [0.1, 0.15) is 22.3 Å². The highest BCUT2D eigenvalue weighted by molar-refractivity contribution is 7.82. The van der Waals surface area contributed by atoms with Gasteiger partial charge in [0.15, 0.2) is 0 Å². The van der Waals surface area contributed by atoms with E-state index in [9.17, 15) is 17.8 Å². The Morgan fingerprint density at radius 2 is 1.88 bits per heavy atom. The monoisotopic (exact) mass is 474 g/mol. The smallest absolute Gasteiger partial charge is 0.410 e. The third-order valence-corrected chi connectivity index (χ3v) is 6.14. The predicted molar refractivity (Wildman–Crippen MR) is 121 cm³/mol. The van der Waals surface area contributed by atoms with Crippen molar-refractivity contribution in [3.63, 3.8) is 0 Å². The number of ether oxygens (including phenoxy) is 2. The van der Waals surface area contributed by atoms with Gasteiger partial charge in [-0.25, -0.2) is 22.9 Å². The van der Waals surface area contributed by atoms with Crippen LogP contribution in [0.1, 0.15) is 71.3 Å². The highest BCUT2D eigenvalue weighted by Crippen LogP contribution is 2.35. The second-order valence-electron chi connectivity index (χ2n) is 9.42. The summed E-state index contributed by atoms with van der Waals surface area (Å²) < 4.78 is 50.1. The molecule has 182 valence electrons. The van der Waals surface area contributed by atoms with Gasteiger partial charge < -0.3 is 14.4 Å². The average Bonchev–Trinajstić information content (AvgIpc) is 2.66. The van der Waals surface area contributed by atoms with Gasteiger partial charge in [-0.3, -0.25) is 0 Å². The van der Waals surface area contributed by atoms with Crippen molar-refractivity contribution in [1.29, 1.82) is 0 Å². The summed E-state index contributed by atoms with van der Waals surface area (Å²) in [5, 5.41) is 5.51. The van der Waals surface area contributed by atoms with Crippen LogP contribution in [0.5, 0.6) is 5.75 Å². The van der Waals surface area contributed by atoms with E-state index in [-0.39, 0.29) is 31.7 Å². The lowest BCUT2D eigenvalue weighted by atomic mass is 9.91. The number of rotatable bonds is 9. The zero-order valence-electron chi connectivity index (χ0n) is 19.5. The number of nitrogens with zero attached hydrogens (tertiary/aromatic N) is 1. The molecule has 1 aromatic carbocycles. The van der Waals surface area contributed by atoms with Crippen LogP contribution in [-0.2, 0) is 15.7 Å². The number of aryl methyl sites for hydroxylation is 1. The molecule has 2 rings (SSSR count). The third kappa shape index (κ3) is 8.65. The quantitative estimate of drug-likeness (QED) is 0.490. The Morgan fingerprint density at radius 3 is 2.47 bits per heavy atom. The number of halogens is 2. The van der Waals surface area contributed by atoms with Crippen LogP contribution in [-0.4, -0.2) is 45.9 Å². The maximum absolute atomic E-state index is 13.6. The molecule has 32 heavy (non-hydrogen) atoms. The molecule has 0 bridgehead atoms. The number of alkyl halides is 2. The van der Waals surface area contributed by atoms with Crippen LogP contribution in [0.4, 0.5) is 13.6 Å². The van der Waals surface area contributed by atoms with Crippen molar-refractivity contribution < 1.29 is 27.3 Å². The first-order valence-corrected chi connectivity index (χ1v) is 12.4. The Hall–Kier alpha value is -1.74. The Bertz CT molecular complexity index is 789. The van der Waals surface area contributed by atoms with Gasteiger partial charge in [-0.1, -0.05) is 6.07 Å². The molecule has 1 amide bonds. The average molecular weight is 475 g/mol. The summed E-state index contributed by atoms with van der Waals surface area (Å²) in [6, 6.07) is 5.12. The number of nitrogens with two attached hydrogens (primary N) is 1. The van der Waals surface area contributed by atoms with Gasteiger partial charge in [0.2, 0.25) is 5.92 Å². The molecular formula is C23H36F2N2O4S. The van der Waals surface area contributed by atoms with E-state index in [1.54, 1.807) is 31.7 Å². The van der Waals surface area contributed by atoms with Crippen molar-refractivity contribution in [3.05, 3.63) is 23.8 Å². The van der Waals surface area contributed by atoms with Crippen molar-refractivity contribution in [2.45, 2.75) is 95.1 Å². The molecule has 2 N–H and O–H groups in total. The molecule has 0 radical (unpaired) electrons. The standard InChI is InChI=1S/C23H36F2N2O4S/c1-17-8-9-20(32(26)29)19(16-17)30-15-7-5-6-14-27(21(28)31-22(2,3)4)18-10-12-23(24,25)13-11-18/h8-9,16,18H,5-7,10-15,26H2,1-4H3. The van der Waals surface area contributed by atoms with Crippen molar-refractivity contribution in [1.82, 2.24) is 4.90 Å². The second-order valence-corrected chi connectivity index (χ2v) is 10.5. The van der Waals surface area contributed by atoms with Gasteiger partial charge >= 0.3 is 6.09 Å². The van der Waals surface area contributed by atoms with E-state index < -0.39 is 28.6 Å². The predicted octanol–water partition coefficient (Wildman–Crippen LogP) is 5.34. The molecule has 6 nitrogen and oxygen atoms in total. The number of benzene rings is 1. The molecule has 1 unspecified atom stereocenters. The molecule has 0 aromatic heterocycles. The molecule has 1 aliphatic carbocycles. The summed E-state index contributed by atoms with van der Waals surface area (Å²) in [5.74, 6) is -2.13. The molecule has 1 aliphatic rings. The maximum Gasteiger partial charge on any atom is 0.410 e. The topological polar surface area (TPSA) is 81.9 Å². The van der Waals surface area contributed by atoms with E-state index in [4.69, 9.17) is 14.6 Å². The van der Waals surface area contributed by atoms with Crippen LogP contribution in [0.25, 0.3) is 0 Å². The maximum atomic E-state index is 13.6. The molecule has 0 spiro atoms. The highest BCUT2D eigenvalue weighted by atomic mass is 32.2. The number of unbranched alkanes of at least 4 members (excludes halogenated alkanes) is 2. The van der Waals surface area contributed by atoms with Crippen LogP contribution < -0.4 is 9.88 Å². The molecule has 1 saturated carbocycles. The van der Waals surface area contributed by atoms with E-state index >= 15 is 0 Å². The molecule has 0 saturated heterocycles. The second kappa shape index (κ2) is 11.4. The van der Waals surface area contributed by atoms with Crippen LogP contribution in [0.15, 0.2) is 23.1 Å². The van der Waals surface area contributed by atoms with Crippen molar-refractivity contribution in [2.75, 3.05) is 13.2 Å². The first-order chi connectivity index (χ1) is 14.9.